The van der Waals surface area contributed by atoms with Crippen molar-refractivity contribution >= 4 is 28.6 Å². The van der Waals surface area contributed by atoms with Crippen LogP contribution >= 0.6 is 0 Å². The number of amides is 1. The smallest absolute Gasteiger partial charge is 0.222 e. The zero-order valence-electron chi connectivity index (χ0n) is 11.5. The number of anilines is 2. The number of hydrogen-bond donors (Lipinski definition) is 3. The van der Waals surface area contributed by atoms with E-state index in [2.05, 4.69) is 21.8 Å². The van der Waals surface area contributed by atoms with Gasteiger partial charge < -0.3 is 21.4 Å². The first-order chi connectivity index (χ1) is 9.54. The van der Waals surface area contributed by atoms with Crippen LogP contribution in [0.4, 0.5) is 11.6 Å². The molecule has 6 nitrogen and oxygen atoms in total. The second-order valence-electron chi connectivity index (χ2n) is 5.52. The van der Waals surface area contributed by atoms with Crippen LogP contribution in [0.1, 0.15) is 19.8 Å². The number of fused-ring (bicyclic) bond motifs is 1. The lowest BCUT2D eigenvalue weighted by Crippen LogP contribution is -2.46. The Balaban J connectivity index is 1.93. The fourth-order valence-electron chi connectivity index (χ4n) is 2.78. The molecule has 0 aliphatic carbocycles. The number of carbonyl (C=O) groups excluding carboxylic acids is 1. The van der Waals surface area contributed by atoms with E-state index in [4.69, 9.17) is 11.5 Å². The van der Waals surface area contributed by atoms with Crippen LogP contribution in [0, 0.1) is 5.92 Å². The van der Waals surface area contributed by atoms with Crippen LogP contribution in [-0.2, 0) is 4.79 Å². The zero-order valence-corrected chi connectivity index (χ0v) is 11.5. The molecular formula is C14H19N5O. The molecule has 1 aromatic heterocycles. The van der Waals surface area contributed by atoms with Crippen LogP contribution < -0.4 is 16.4 Å². The largest absolute Gasteiger partial charge is 0.399 e. The summed E-state index contributed by atoms with van der Waals surface area (Å²) in [5, 5.41) is 0. The molecule has 0 bridgehead atoms. The molecule has 2 atom stereocenters. The molecule has 2 unspecified atom stereocenters. The summed E-state index contributed by atoms with van der Waals surface area (Å²) in [6.07, 6.45) is 1.78. The minimum absolute atomic E-state index is 0.107. The van der Waals surface area contributed by atoms with Crippen molar-refractivity contribution in [2.45, 2.75) is 25.8 Å². The number of benzene rings is 1. The predicted octanol–water partition coefficient (Wildman–Crippen LogP) is 1.24. The van der Waals surface area contributed by atoms with Crippen LogP contribution in [0.3, 0.4) is 0 Å². The van der Waals surface area contributed by atoms with Gasteiger partial charge in [-0.3, -0.25) is 4.79 Å². The number of nitrogens with one attached hydrogen (secondary N) is 1. The van der Waals surface area contributed by atoms with Crippen LogP contribution in [0.5, 0.6) is 0 Å². The van der Waals surface area contributed by atoms with Crippen LogP contribution in [0.15, 0.2) is 18.2 Å². The SMILES string of the molecule is CC1CCC(C(N)=O)CN1c1nc2ccc(N)cc2[nH]1. The van der Waals surface area contributed by atoms with Gasteiger partial charge in [0.25, 0.3) is 0 Å². The Kier molecular flexibility index (Phi) is 3.00. The number of imidazole rings is 1. The molecule has 2 aromatic rings. The van der Waals surface area contributed by atoms with E-state index in [0.717, 1.165) is 29.8 Å². The van der Waals surface area contributed by atoms with Crippen molar-refractivity contribution in [3.63, 3.8) is 0 Å². The molecule has 0 saturated carbocycles. The lowest BCUT2D eigenvalue weighted by atomic mass is 9.93. The van der Waals surface area contributed by atoms with Gasteiger partial charge in [0, 0.05) is 18.3 Å². The second kappa shape index (κ2) is 4.70. The Labute approximate surface area is 117 Å². The molecule has 0 spiro atoms. The highest BCUT2D eigenvalue weighted by Gasteiger charge is 2.30. The number of aromatic amines is 1. The minimum Gasteiger partial charge on any atom is -0.399 e. The lowest BCUT2D eigenvalue weighted by molar-refractivity contribution is -0.122. The van der Waals surface area contributed by atoms with Crippen molar-refractivity contribution in [3.8, 4) is 0 Å². The third kappa shape index (κ3) is 2.17. The third-order valence-corrected chi connectivity index (χ3v) is 4.05. The van der Waals surface area contributed by atoms with Crippen molar-refractivity contribution in [2.24, 2.45) is 11.7 Å². The molecule has 1 aromatic carbocycles. The highest BCUT2D eigenvalue weighted by atomic mass is 16.1. The molecule has 20 heavy (non-hydrogen) atoms. The van der Waals surface area contributed by atoms with E-state index in [9.17, 15) is 4.79 Å². The Bertz CT molecular complexity index is 650. The summed E-state index contributed by atoms with van der Waals surface area (Å²) in [5.74, 6) is 0.441. The van der Waals surface area contributed by atoms with Gasteiger partial charge in [0.1, 0.15) is 0 Å². The molecule has 1 amide bonds. The molecular weight excluding hydrogens is 254 g/mol. The number of nitrogens with zero attached hydrogens (tertiary/aromatic N) is 2. The first-order valence-corrected chi connectivity index (χ1v) is 6.86. The number of primary amides is 1. The molecule has 0 radical (unpaired) electrons. The maximum Gasteiger partial charge on any atom is 0.222 e. The van der Waals surface area contributed by atoms with Crippen LogP contribution in [-0.4, -0.2) is 28.5 Å². The Morgan fingerprint density at radius 1 is 1.45 bits per heavy atom. The van der Waals surface area contributed by atoms with Gasteiger partial charge in [-0.25, -0.2) is 4.98 Å². The van der Waals surface area contributed by atoms with Gasteiger partial charge in [-0.05, 0) is 38.0 Å². The number of nitrogens with two attached hydrogens (primary N) is 2. The summed E-state index contributed by atoms with van der Waals surface area (Å²) >= 11 is 0. The van der Waals surface area contributed by atoms with E-state index in [0.29, 0.717) is 18.3 Å². The maximum absolute atomic E-state index is 11.4. The number of aromatic nitrogens is 2. The number of piperidine rings is 1. The molecule has 5 N–H and O–H groups in total. The van der Waals surface area contributed by atoms with Gasteiger partial charge in [0.05, 0.1) is 17.0 Å². The minimum atomic E-state index is -0.234. The number of hydrogen-bond acceptors (Lipinski definition) is 4. The molecule has 3 rings (SSSR count). The average Bonchev–Trinajstić information content (AvgIpc) is 2.81. The normalized spacial score (nSPS) is 23.1. The number of rotatable bonds is 2. The Morgan fingerprint density at radius 2 is 2.25 bits per heavy atom. The van der Waals surface area contributed by atoms with E-state index >= 15 is 0 Å². The van der Waals surface area contributed by atoms with Gasteiger partial charge in [0.15, 0.2) is 0 Å². The standard InChI is InChI=1S/C14H19N5O/c1-8-2-3-9(13(16)20)7-19(8)14-17-11-5-4-10(15)6-12(11)18-14/h4-6,8-9H,2-3,7,15H2,1H3,(H2,16,20)(H,17,18). The summed E-state index contributed by atoms with van der Waals surface area (Å²) in [6.45, 7) is 2.75. The van der Waals surface area contributed by atoms with Crippen LogP contribution in [0.25, 0.3) is 11.0 Å². The summed E-state index contributed by atoms with van der Waals surface area (Å²) in [4.78, 5) is 21.4. The Morgan fingerprint density at radius 3 is 3.00 bits per heavy atom. The monoisotopic (exact) mass is 273 g/mol. The zero-order chi connectivity index (χ0) is 14.3. The molecule has 1 aliphatic heterocycles. The first-order valence-electron chi connectivity index (χ1n) is 6.86. The van der Waals surface area contributed by atoms with E-state index < -0.39 is 0 Å². The molecule has 1 saturated heterocycles. The number of nitrogen functional groups attached to an aromatic ring is 1. The van der Waals surface area contributed by atoms with E-state index in [1.807, 2.05) is 18.2 Å². The topological polar surface area (TPSA) is 101 Å². The van der Waals surface area contributed by atoms with E-state index in [-0.39, 0.29) is 11.8 Å². The fraction of sp³-hybridized carbons (Fsp3) is 0.429. The summed E-state index contributed by atoms with van der Waals surface area (Å²) in [5.41, 5.74) is 13.7. The van der Waals surface area contributed by atoms with Crippen molar-refractivity contribution in [2.75, 3.05) is 17.2 Å². The van der Waals surface area contributed by atoms with Crippen molar-refractivity contribution in [3.05, 3.63) is 18.2 Å². The van der Waals surface area contributed by atoms with Gasteiger partial charge in [-0.15, -0.1) is 0 Å². The fourth-order valence-corrected chi connectivity index (χ4v) is 2.78. The van der Waals surface area contributed by atoms with Gasteiger partial charge >= 0.3 is 0 Å². The quantitative estimate of drug-likeness (QED) is 0.716. The van der Waals surface area contributed by atoms with Crippen molar-refractivity contribution < 1.29 is 4.79 Å². The molecule has 6 heteroatoms. The Hall–Kier alpha value is -2.24. The first kappa shape index (κ1) is 12.8. The van der Waals surface area contributed by atoms with Crippen LogP contribution in [0.2, 0.25) is 0 Å². The summed E-state index contributed by atoms with van der Waals surface area (Å²) < 4.78 is 0. The number of H-pyrrole nitrogens is 1. The van der Waals surface area contributed by atoms with Gasteiger partial charge in [-0.2, -0.15) is 0 Å². The summed E-state index contributed by atoms with van der Waals surface area (Å²) in [7, 11) is 0. The maximum atomic E-state index is 11.4. The van der Waals surface area contributed by atoms with Gasteiger partial charge in [0.2, 0.25) is 11.9 Å². The van der Waals surface area contributed by atoms with Crippen molar-refractivity contribution in [1.82, 2.24) is 9.97 Å². The highest BCUT2D eigenvalue weighted by Crippen LogP contribution is 2.27. The molecule has 106 valence electrons. The van der Waals surface area contributed by atoms with E-state index in [1.54, 1.807) is 0 Å². The van der Waals surface area contributed by atoms with Crippen molar-refractivity contribution in [1.29, 1.82) is 0 Å². The predicted molar refractivity (Wildman–Crippen MR) is 79.2 cm³/mol. The second-order valence-corrected chi connectivity index (χ2v) is 5.52. The van der Waals surface area contributed by atoms with Gasteiger partial charge in [-0.1, -0.05) is 0 Å². The lowest BCUT2D eigenvalue weighted by Gasteiger charge is -2.36. The molecule has 2 heterocycles. The van der Waals surface area contributed by atoms with E-state index in [1.165, 1.54) is 0 Å². The average molecular weight is 273 g/mol. The summed E-state index contributed by atoms with van der Waals surface area (Å²) in [6, 6.07) is 5.93. The highest BCUT2D eigenvalue weighted by molar-refractivity contribution is 5.81. The number of carbonyl (C=O) groups is 1. The molecule has 1 aliphatic rings. The molecule has 1 fully saturated rings. The third-order valence-electron chi connectivity index (χ3n) is 4.05.